The summed E-state index contributed by atoms with van der Waals surface area (Å²) >= 11 is 6.07. The Labute approximate surface area is 112 Å². The second kappa shape index (κ2) is 5.78. The van der Waals surface area contributed by atoms with Crippen molar-refractivity contribution in [2.24, 2.45) is 0 Å². The largest absolute Gasteiger partial charge is 0.459 e. The minimum absolute atomic E-state index is 0.257. The highest BCUT2D eigenvalue weighted by Gasteiger charge is 2.34. The number of carbonyl (C=O) groups excluding carboxylic acids is 2. The van der Waals surface area contributed by atoms with Crippen molar-refractivity contribution in [3.8, 4) is 0 Å². The van der Waals surface area contributed by atoms with Gasteiger partial charge in [-0.15, -0.1) is 11.6 Å². The minimum Gasteiger partial charge on any atom is -0.459 e. The Kier molecular flexibility index (Phi) is 4.85. The fourth-order valence-electron chi connectivity index (χ4n) is 1.70. The summed E-state index contributed by atoms with van der Waals surface area (Å²) in [6.07, 6.45) is -0.285. The maximum atomic E-state index is 11.9. The molecule has 1 aliphatic rings. The molecule has 1 saturated heterocycles. The van der Waals surface area contributed by atoms with Crippen molar-refractivity contribution in [2.75, 3.05) is 13.1 Å². The second-order valence-corrected chi connectivity index (χ2v) is 5.94. The summed E-state index contributed by atoms with van der Waals surface area (Å²) in [6.45, 7) is 7.55. The van der Waals surface area contributed by atoms with E-state index in [9.17, 15) is 9.59 Å². The van der Waals surface area contributed by atoms with Gasteiger partial charge in [-0.1, -0.05) is 0 Å². The molecule has 0 aromatic heterocycles. The summed E-state index contributed by atoms with van der Waals surface area (Å²) < 4.78 is 10.4. The Morgan fingerprint density at radius 2 is 1.94 bits per heavy atom. The highest BCUT2D eigenvalue weighted by Crippen LogP contribution is 2.21. The molecule has 2 atom stereocenters. The highest BCUT2D eigenvalue weighted by atomic mass is 35.5. The normalized spacial score (nSPS) is 24.6. The third-order valence-electron chi connectivity index (χ3n) is 2.45. The lowest BCUT2D eigenvalue weighted by atomic mass is 10.1. The third-order valence-corrected chi connectivity index (χ3v) is 2.95. The van der Waals surface area contributed by atoms with E-state index in [0.717, 1.165) is 0 Å². The van der Waals surface area contributed by atoms with Crippen molar-refractivity contribution in [3.05, 3.63) is 0 Å². The van der Waals surface area contributed by atoms with E-state index in [4.69, 9.17) is 21.1 Å². The van der Waals surface area contributed by atoms with Gasteiger partial charge in [-0.25, -0.2) is 4.79 Å². The van der Waals surface area contributed by atoms with Crippen LogP contribution in [0.5, 0.6) is 0 Å². The quantitative estimate of drug-likeness (QED) is 0.544. The molecule has 0 N–H and O–H groups in total. The average molecular weight is 278 g/mol. The molecule has 1 aliphatic heterocycles. The number of hydrogen-bond acceptors (Lipinski definition) is 4. The number of rotatable bonds is 1. The molecular formula is C12H20ClNO4. The van der Waals surface area contributed by atoms with Crippen LogP contribution in [0.1, 0.15) is 34.1 Å². The Hall–Kier alpha value is -0.970. The lowest BCUT2D eigenvalue weighted by Gasteiger charge is -2.36. The van der Waals surface area contributed by atoms with Crippen LogP contribution in [0.2, 0.25) is 0 Å². The molecule has 0 aliphatic carbocycles. The summed E-state index contributed by atoms with van der Waals surface area (Å²) in [5.74, 6) is -0.392. The van der Waals surface area contributed by atoms with Crippen LogP contribution in [-0.4, -0.2) is 47.1 Å². The lowest BCUT2D eigenvalue weighted by Crippen LogP contribution is -2.50. The molecular weight excluding hydrogens is 258 g/mol. The van der Waals surface area contributed by atoms with Gasteiger partial charge in [0.05, 0.1) is 11.9 Å². The van der Waals surface area contributed by atoms with E-state index in [1.807, 2.05) is 20.8 Å². The third kappa shape index (κ3) is 4.72. The van der Waals surface area contributed by atoms with Crippen LogP contribution >= 0.6 is 11.6 Å². The van der Waals surface area contributed by atoms with Crippen LogP contribution < -0.4 is 0 Å². The van der Waals surface area contributed by atoms with Gasteiger partial charge >= 0.3 is 12.1 Å². The number of esters is 1. The molecule has 0 unspecified atom stereocenters. The molecule has 5 nitrogen and oxygen atoms in total. The Bertz CT molecular complexity index is 327. The zero-order valence-corrected chi connectivity index (χ0v) is 12.0. The number of nitrogens with zero attached hydrogens (tertiary/aromatic N) is 1. The van der Waals surface area contributed by atoms with Gasteiger partial charge in [-0.05, 0) is 27.2 Å². The van der Waals surface area contributed by atoms with Crippen molar-refractivity contribution in [1.29, 1.82) is 0 Å². The van der Waals surface area contributed by atoms with Crippen molar-refractivity contribution in [3.63, 3.8) is 0 Å². The minimum atomic E-state index is -0.536. The molecule has 0 saturated carbocycles. The number of hydrogen-bond donors (Lipinski definition) is 0. The lowest BCUT2D eigenvalue weighted by molar-refractivity contribution is -0.148. The smallest absolute Gasteiger partial charge is 0.410 e. The van der Waals surface area contributed by atoms with E-state index in [2.05, 4.69) is 0 Å². The predicted octanol–water partition coefficient (Wildman–Crippen LogP) is 2.17. The van der Waals surface area contributed by atoms with Crippen molar-refractivity contribution in [2.45, 2.75) is 51.2 Å². The summed E-state index contributed by atoms with van der Waals surface area (Å²) in [5, 5.41) is -0.257. The van der Waals surface area contributed by atoms with Crippen molar-refractivity contribution < 1.29 is 19.1 Å². The van der Waals surface area contributed by atoms with Gasteiger partial charge < -0.3 is 14.4 Å². The average Bonchev–Trinajstić information content (AvgIpc) is 2.17. The molecule has 0 radical (unpaired) electrons. The molecule has 0 spiro atoms. The molecule has 0 aromatic carbocycles. The maximum absolute atomic E-state index is 11.9. The Balaban J connectivity index is 2.58. The van der Waals surface area contributed by atoms with Crippen LogP contribution in [0.3, 0.4) is 0 Å². The molecule has 0 bridgehead atoms. The van der Waals surface area contributed by atoms with Crippen molar-refractivity contribution >= 4 is 23.7 Å². The molecule has 1 heterocycles. The summed E-state index contributed by atoms with van der Waals surface area (Å²) in [5.41, 5.74) is -0.536. The second-order valence-electron chi connectivity index (χ2n) is 5.38. The Morgan fingerprint density at radius 1 is 1.33 bits per heavy atom. The number of amides is 1. The Morgan fingerprint density at radius 3 is 2.44 bits per heavy atom. The highest BCUT2D eigenvalue weighted by molar-refractivity contribution is 6.21. The molecule has 18 heavy (non-hydrogen) atoms. The topological polar surface area (TPSA) is 55.8 Å². The van der Waals surface area contributed by atoms with Gasteiger partial charge in [0.1, 0.15) is 11.7 Å². The summed E-state index contributed by atoms with van der Waals surface area (Å²) in [6, 6.07) is 0. The molecule has 0 aromatic rings. The van der Waals surface area contributed by atoms with Crippen LogP contribution in [0.25, 0.3) is 0 Å². The number of carbonyl (C=O) groups is 2. The zero-order valence-electron chi connectivity index (χ0n) is 11.2. The van der Waals surface area contributed by atoms with E-state index in [-0.39, 0.29) is 11.9 Å². The first-order valence-electron chi connectivity index (χ1n) is 5.98. The molecule has 1 rings (SSSR count). The molecule has 104 valence electrons. The first-order chi connectivity index (χ1) is 8.19. The van der Waals surface area contributed by atoms with Crippen LogP contribution in [-0.2, 0) is 14.3 Å². The van der Waals surface area contributed by atoms with E-state index in [1.54, 1.807) is 0 Å². The van der Waals surface area contributed by atoms with Gasteiger partial charge in [0, 0.05) is 13.5 Å². The van der Waals surface area contributed by atoms with E-state index in [0.29, 0.717) is 13.0 Å². The van der Waals surface area contributed by atoms with Gasteiger partial charge in [0.15, 0.2) is 0 Å². The maximum Gasteiger partial charge on any atom is 0.410 e. The fourth-order valence-corrected chi connectivity index (χ4v) is 1.93. The van der Waals surface area contributed by atoms with Crippen LogP contribution in [0, 0.1) is 0 Å². The van der Waals surface area contributed by atoms with Crippen LogP contribution in [0.15, 0.2) is 0 Å². The zero-order chi connectivity index (χ0) is 13.9. The summed E-state index contributed by atoms with van der Waals surface area (Å²) in [4.78, 5) is 24.3. The van der Waals surface area contributed by atoms with Gasteiger partial charge in [-0.3, -0.25) is 4.79 Å². The first kappa shape index (κ1) is 15.1. The number of ether oxygens (including phenoxy) is 2. The van der Waals surface area contributed by atoms with E-state index in [1.165, 1.54) is 11.8 Å². The SMILES string of the molecule is CC(=O)O[C@@H]1CN(C(=O)OC(C)(C)C)CC[C@H]1Cl. The van der Waals surface area contributed by atoms with Crippen molar-refractivity contribution in [1.82, 2.24) is 4.90 Å². The van der Waals surface area contributed by atoms with E-state index < -0.39 is 23.8 Å². The summed E-state index contributed by atoms with van der Waals surface area (Å²) in [7, 11) is 0. The predicted molar refractivity (Wildman–Crippen MR) is 67.6 cm³/mol. The van der Waals surface area contributed by atoms with Gasteiger partial charge in [-0.2, -0.15) is 0 Å². The van der Waals surface area contributed by atoms with E-state index >= 15 is 0 Å². The molecule has 1 fully saturated rings. The molecule has 6 heteroatoms. The van der Waals surface area contributed by atoms with Gasteiger partial charge in [0.2, 0.25) is 0 Å². The van der Waals surface area contributed by atoms with Crippen LogP contribution in [0.4, 0.5) is 4.79 Å². The molecule has 1 amide bonds. The number of likely N-dealkylation sites (tertiary alicyclic amines) is 1. The fraction of sp³-hybridized carbons (Fsp3) is 0.833. The first-order valence-corrected chi connectivity index (χ1v) is 6.42. The van der Waals surface area contributed by atoms with Gasteiger partial charge in [0.25, 0.3) is 0 Å². The number of halogens is 1. The number of piperidine rings is 1. The monoisotopic (exact) mass is 277 g/mol. The standard InChI is InChI=1S/C12H20ClNO4/c1-8(15)17-10-7-14(6-5-9(10)13)11(16)18-12(2,3)4/h9-10H,5-7H2,1-4H3/t9-,10-/m1/s1. The number of alkyl halides is 1.